The van der Waals surface area contributed by atoms with Crippen LogP contribution < -0.4 is 5.32 Å². The Kier molecular flexibility index (Phi) is 6.09. The molecule has 0 radical (unpaired) electrons. The van der Waals surface area contributed by atoms with Crippen molar-refractivity contribution < 1.29 is 23.9 Å². The summed E-state index contributed by atoms with van der Waals surface area (Å²) in [6.45, 7) is 1.40. The molecule has 2 aromatic carbocycles. The molecule has 0 atom stereocenters. The topological polar surface area (TPSA) is 86.7 Å². The Hall–Kier alpha value is -3.04. The number of rotatable bonds is 5. The SMILES string of the molecule is Cc1ccc(C(=O)O)c(NC(=O)CN2C(=O)/C(=C/c3cccc(F)c3)SC2=S)c1. The van der Waals surface area contributed by atoms with Gasteiger partial charge in [-0.3, -0.25) is 14.5 Å². The van der Waals surface area contributed by atoms with E-state index in [1.54, 1.807) is 19.1 Å². The summed E-state index contributed by atoms with van der Waals surface area (Å²) in [7, 11) is 0. The maximum atomic E-state index is 13.3. The highest BCUT2D eigenvalue weighted by atomic mass is 32.2. The number of carboxylic acids is 1. The summed E-state index contributed by atoms with van der Waals surface area (Å²) >= 11 is 6.20. The number of carboxylic acid groups (broad SMARTS) is 1. The second-order valence-electron chi connectivity index (χ2n) is 6.23. The quantitative estimate of drug-likeness (QED) is 0.556. The summed E-state index contributed by atoms with van der Waals surface area (Å²) in [5, 5.41) is 11.8. The minimum Gasteiger partial charge on any atom is -0.478 e. The van der Waals surface area contributed by atoms with Crippen molar-refractivity contribution in [2.45, 2.75) is 6.92 Å². The summed E-state index contributed by atoms with van der Waals surface area (Å²) in [6, 6.07) is 10.3. The van der Waals surface area contributed by atoms with E-state index in [1.165, 1.54) is 36.4 Å². The van der Waals surface area contributed by atoms with Crippen LogP contribution in [-0.2, 0) is 9.59 Å². The van der Waals surface area contributed by atoms with Crippen molar-refractivity contribution in [1.82, 2.24) is 4.90 Å². The number of benzene rings is 2. The van der Waals surface area contributed by atoms with Crippen LogP contribution in [0.1, 0.15) is 21.5 Å². The van der Waals surface area contributed by atoms with Crippen molar-refractivity contribution in [2.75, 3.05) is 11.9 Å². The third-order valence-corrected chi connectivity index (χ3v) is 5.38. The van der Waals surface area contributed by atoms with E-state index in [9.17, 15) is 23.9 Å². The van der Waals surface area contributed by atoms with Crippen LogP contribution in [0, 0.1) is 12.7 Å². The molecule has 1 aliphatic rings. The molecule has 2 amide bonds. The van der Waals surface area contributed by atoms with Gasteiger partial charge in [0, 0.05) is 0 Å². The summed E-state index contributed by atoms with van der Waals surface area (Å²) in [6.07, 6.45) is 1.50. The molecule has 1 saturated heterocycles. The number of carbonyl (C=O) groups excluding carboxylic acids is 2. The van der Waals surface area contributed by atoms with E-state index in [1.807, 2.05) is 0 Å². The Morgan fingerprint density at radius 2 is 2.03 bits per heavy atom. The molecular formula is C20H15FN2O4S2. The van der Waals surface area contributed by atoms with Gasteiger partial charge < -0.3 is 10.4 Å². The first-order chi connectivity index (χ1) is 13.7. The number of thioether (sulfide) groups is 1. The highest BCUT2D eigenvalue weighted by Crippen LogP contribution is 2.32. The fourth-order valence-corrected chi connectivity index (χ4v) is 3.92. The highest BCUT2D eigenvalue weighted by Gasteiger charge is 2.33. The molecule has 148 valence electrons. The molecular weight excluding hydrogens is 415 g/mol. The fraction of sp³-hybridized carbons (Fsp3) is 0.100. The lowest BCUT2D eigenvalue weighted by Crippen LogP contribution is -2.36. The monoisotopic (exact) mass is 430 g/mol. The summed E-state index contributed by atoms with van der Waals surface area (Å²) in [5.41, 5.74) is 1.36. The Morgan fingerprint density at radius 1 is 1.28 bits per heavy atom. The van der Waals surface area contributed by atoms with Crippen LogP contribution in [0.25, 0.3) is 6.08 Å². The number of nitrogens with one attached hydrogen (secondary N) is 1. The van der Waals surface area contributed by atoms with E-state index in [4.69, 9.17) is 12.2 Å². The van der Waals surface area contributed by atoms with E-state index >= 15 is 0 Å². The van der Waals surface area contributed by atoms with Crippen LogP contribution in [0.2, 0.25) is 0 Å². The second kappa shape index (κ2) is 8.54. The normalized spacial score (nSPS) is 15.1. The van der Waals surface area contributed by atoms with Gasteiger partial charge in [-0.25, -0.2) is 9.18 Å². The number of amides is 2. The molecule has 3 rings (SSSR count). The van der Waals surface area contributed by atoms with Crippen molar-refractivity contribution in [1.29, 1.82) is 0 Å². The molecule has 0 saturated carbocycles. The molecule has 2 aromatic rings. The molecule has 0 bridgehead atoms. The molecule has 1 aliphatic heterocycles. The molecule has 0 unspecified atom stereocenters. The van der Waals surface area contributed by atoms with Gasteiger partial charge in [0.1, 0.15) is 16.7 Å². The van der Waals surface area contributed by atoms with Crippen LogP contribution in [0.4, 0.5) is 10.1 Å². The number of hydrogen-bond donors (Lipinski definition) is 2. The number of aryl methyl sites for hydroxylation is 1. The van der Waals surface area contributed by atoms with Crippen molar-refractivity contribution in [3.8, 4) is 0 Å². The van der Waals surface area contributed by atoms with Crippen molar-refractivity contribution >= 4 is 57.8 Å². The lowest BCUT2D eigenvalue weighted by atomic mass is 10.1. The lowest BCUT2D eigenvalue weighted by molar-refractivity contribution is -0.126. The zero-order valence-corrected chi connectivity index (χ0v) is 16.8. The minimum absolute atomic E-state index is 0.0552. The maximum Gasteiger partial charge on any atom is 0.337 e. The van der Waals surface area contributed by atoms with E-state index in [2.05, 4.69) is 5.32 Å². The van der Waals surface area contributed by atoms with E-state index in [0.717, 1.165) is 22.2 Å². The Morgan fingerprint density at radius 3 is 2.72 bits per heavy atom. The first-order valence-electron chi connectivity index (χ1n) is 8.39. The average molecular weight is 430 g/mol. The third kappa shape index (κ3) is 4.87. The van der Waals surface area contributed by atoms with Crippen LogP contribution in [0.3, 0.4) is 0 Å². The van der Waals surface area contributed by atoms with E-state index < -0.39 is 23.6 Å². The first kappa shape index (κ1) is 20.7. The van der Waals surface area contributed by atoms with Crippen LogP contribution in [0.5, 0.6) is 0 Å². The Balaban J connectivity index is 1.74. The van der Waals surface area contributed by atoms with Crippen molar-refractivity contribution in [3.05, 3.63) is 69.9 Å². The molecule has 6 nitrogen and oxygen atoms in total. The molecule has 1 heterocycles. The molecule has 0 aromatic heterocycles. The predicted molar refractivity (Wildman–Crippen MR) is 113 cm³/mol. The molecule has 29 heavy (non-hydrogen) atoms. The summed E-state index contributed by atoms with van der Waals surface area (Å²) in [4.78, 5) is 37.7. The number of aromatic carboxylic acids is 1. The average Bonchev–Trinajstić information content (AvgIpc) is 2.89. The van der Waals surface area contributed by atoms with Crippen molar-refractivity contribution in [2.24, 2.45) is 0 Å². The smallest absolute Gasteiger partial charge is 0.337 e. The zero-order valence-electron chi connectivity index (χ0n) is 15.1. The lowest BCUT2D eigenvalue weighted by Gasteiger charge is -2.15. The number of carbonyl (C=O) groups is 3. The first-order valence-corrected chi connectivity index (χ1v) is 9.62. The standard InChI is InChI=1S/C20H15FN2O4S2/c1-11-5-6-14(19(26)27)15(7-11)22-17(24)10-23-18(25)16(29-20(23)28)9-12-3-2-4-13(21)8-12/h2-9H,10H2,1H3,(H,22,24)(H,26,27)/b16-9-. The van der Waals surface area contributed by atoms with Gasteiger partial charge >= 0.3 is 5.97 Å². The summed E-state index contributed by atoms with van der Waals surface area (Å²) < 4.78 is 13.5. The van der Waals surface area contributed by atoms with Gasteiger partial charge in [-0.05, 0) is 48.4 Å². The maximum absolute atomic E-state index is 13.3. The predicted octanol–water partition coefficient (Wildman–Crippen LogP) is 3.67. The van der Waals surface area contributed by atoms with Crippen LogP contribution >= 0.6 is 24.0 Å². The van der Waals surface area contributed by atoms with Crippen LogP contribution in [0.15, 0.2) is 47.4 Å². The highest BCUT2D eigenvalue weighted by molar-refractivity contribution is 8.26. The number of thiocarbonyl (C=S) groups is 1. The number of halogens is 1. The Labute approximate surface area is 175 Å². The van der Waals surface area contributed by atoms with Gasteiger partial charge in [-0.2, -0.15) is 0 Å². The van der Waals surface area contributed by atoms with Gasteiger partial charge in [0.2, 0.25) is 5.91 Å². The fourth-order valence-electron chi connectivity index (χ4n) is 2.67. The number of nitrogens with zero attached hydrogens (tertiary/aromatic N) is 1. The largest absolute Gasteiger partial charge is 0.478 e. The molecule has 0 spiro atoms. The summed E-state index contributed by atoms with van der Waals surface area (Å²) in [5.74, 6) is -2.66. The van der Waals surface area contributed by atoms with Gasteiger partial charge in [0.25, 0.3) is 5.91 Å². The molecule has 2 N–H and O–H groups in total. The number of anilines is 1. The van der Waals surface area contributed by atoms with Gasteiger partial charge in [0.15, 0.2) is 0 Å². The van der Waals surface area contributed by atoms with Gasteiger partial charge in [-0.15, -0.1) is 0 Å². The van der Waals surface area contributed by atoms with Gasteiger partial charge in [-0.1, -0.05) is 42.2 Å². The molecule has 1 fully saturated rings. The minimum atomic E-state index is -1.18. The third-order valence-electron chi connectivity index (χ3n) is 4.00. The molecule has 9 heteroatoms. The van der Waals surface area contributed by atoms with E-state index in [0.29, 0.717) is 5.56 Å². The zero-order chi connectivity index (χ0) is 21.1. The van der Waals surface area contributed by atoms with Gasteiger partial charge in [0.05, 0.1) is 16.2 Å². The van der Waals surface area contributed by atoms with Crippen molar-refractivity contribution in [3.63, 3.8) is 0 Å². The van der Waals surface area contributed by atoms with E-state index in [-0.39, 0.29) is 27.0 Å². The molecule has 0 aliphatic carbocycles. The Bertz CT molecular complexity index is 1070. The second-order valence-corrected chi connectivity index (χ2v) is 7.90. The van der Waals surface area contributed by atoms with Crippen LogP contribution in [-0.4, -0.2) is 38.7 Å². The number of hydrogen-bond acceptors (Lipinski definition) is 5.